The molecule has 0 bridgehead atoms. The van der Waals surface area contributed by atoms with Crippen LogP contribution in [-0.4, -0.2) is 21.4 Å². The fraction of sp³-hybridized carbons (Fsp3) is 0.227. The predicted molar refractivity (Wildman–Crippen MR) is 114 cm³/mol. The van der Waals surface area contributed by atoms with Gasteiger partial charge in [0.15, 0.2) is 0 Å². The maximum atomic E-state index is 12.5. The standard InChI is InChI=1S/C22H23ClN4O2/c1-15-24-11-12-27(15)14-17-3-9-20(10-4-17)26-22(29)13-21(25-16(2)28)18-5-7-19(23)8-6-18/h3-12,21H,13-14H2,1-2H3,(H,25,28)(H,26,29). The average Bonchev–Trinajstić information content (AvgIpc) is 3.07. The molecule has 0 saturated heterocycles. The number of imidazole rings is 1. The molecule has 7 heteroatoms. The lowest BCUT2D eigenvalue weighted by Crippen LogP contribution is -2.29. The van der Waals surface area contributed by atoms with Crippen molar-refractivity contribution in [3.05, 3.63) is 82.9 Å². The van der Waals surface area contributed by atoms with Crippen LogP contribution in [0.1, 0.15) is 36.3 Å². The van der Waals surface area contributed by atoms with E-state index in [1.54, 1.807) is 18.3 Å². The van der Waals surface area contributed by atoms with E-state index in [1.807, 2.05) is 49.5 Å². The van der Waals surface area contributed by atoms with Crippen molar-refractivity contribution in [3.8, 4) is 0 Å². The number of aromatic nitrogens is 2. The highest BCUT2D eigenvalue weighted by Gasteiger charge is 2.17. The minimum Gasteiger partial charge on any atom is -0.349 e. The fourth-order valence-electron chi connectivity index (χ4n) is 3.05. The van der Waals surface area contributed by atoms with E-state index >= 15 is 0 Å². The van der Waals surface area contributed by atoms with Crippen molar-refractivity contribution in [2.45, 2.75) is 32.9 Å². The van der Waals surface area contributed by atoms with Crippen molar-refractivity contribution in [2.75, 3.05) is 5.32 Å². The van der Waals surface area contributed by atoms with Crippen LogP contribution in [0, 0.1) is 6.92 Å². The van der Waals surface area contributed by atoms with Crippen LogP contribution in [0.4, 0.5) is 5.69 Å². The number of benzene rings is 2. The monoisotopic (exact) mass is 410 g/mol. The zero-order valence-corrected chi connectivity index (χ0v) is 17.1. The molecule has 2 N–H and O–H groups in total. The quantitative estimate of drug-likeness (QED) is 0.615. The van der Waals surface area contributed by atoms with Gasteiger partial charge >= 0.3 is 0 Å². The second kappa shape index (κ2) is 9.39. The highest BCUT2D eigenvalue weighted by atomic mass is 35.5. The van der Waals surface area contributed by atoms with Gasteiger partial charge < -0.3 is 15.2 Å². The van der Waals surface area contributed by atoms with Crippen LogP contribution in [-0.2, 0) is 16.1 Å². The third-order valence-electron chi connectivity index (χ3n) is 4.55. The number of amides is 2. The molecular formula is C22H23ClN4O2. The van der Waals surface area contributed by atoms with Crippen molar-refractivity contribution in [2.24, 2.45) is 0 Å². The Hall–Kier alpha value is -3.12. The molecule has 0 spiro atoms. The molecule has 3 rings (SSSR count). The van der Waals surface area contributed by atoms with E-state index in [1.165, 1.54) is 6.92 Å². The van der Waals surface area contributed by atoms with Gasteiger partial charge in [-0.05, 0) is 42.3 Å². The molecule has 0 fully saturated rings. The number of carbonyl (C=O) groups is 2. The van der Waals surface area contributed by atoms with Crippen LogP contribution in [0.2, 0.25) is 5.02 Å². The van der Waals surface area contributed by atoms with Crippen LogP contribution in [0.25, 0.3) is 0 Å². The molecule has 29 heavy (non-hydrogen) atoms. The molecule has 1 heterocycles. The molecule has 1 atom stereocenters. The second-order valence-electron chi connectivity index (χ2n) is 6.86. The predicted octanol–water partition coefficient (Wildman–Crippen LogP) is 4.10. The van der Waals surface area contributed by atoms with Gasteiger partial charge in [-0.1, -0.05) is 35.9 Å². The maximum Gasteiger partial charge on any atom is 0.226 e. The van der Waals surface area contributed by atoms with Crippen molar-refractivity contribution in [1.82, 2.24) is 14.9 Å². The highest BCUT2D eigenvalue weighted by molar-refractivity contribution is 6.30. The first kappa shape index (κ1) is 20.6. The third-order valence-corrected chi connectivity index (χ3v) is 4.81. The smallest absolute Gasteiger partial charge is 0.226 e. The Bertz CT molecular complexity index is 981. The summed E-state index contributed by atoms with van der Waals surface area (Å²) in [4.78, 5) is 28.3. The van der Waals surface area contributed by atoms with Crippen molar-refractivity contribution in [1.29, 1.82) is 0 Å². The van der Waals surface area contributed by atoms with E-state index in [4.69, 9.17) is 11.6 Å². The lowest BCUT2D eigenvalue weighted by molar-refractivity contribution is -0.120. The lowest BCUT2D eigenvalue weighted by Gasteiger charge is -2.18. The number of aryl methyl sites for hydroxylation is 1. The molecule has 0 saturated carbocycles. The molecule has 1 aromatic heterocycles. The van der Waals surface area contributed by atoms with Gasteiger partial charge in [-0.15, -0.1) is 0 Å². The molecule has 0 aliphatic heterocycles. The Morgan fingerprint density at radius 3 is 2.38 bits per heavy atom. The van der Waals surface area contributed by atoms with E-state index in [9.17, 15) is 9.59 Å². The summed E-state index contributed by atoms with van der Waals surface area (Å²) >= 11 is 5.93. The van der Waals surface area contributed by atoms with Crippen LogP contribution in [0.3, 0.4) is 0 Å². The summed E-state index contributed by atoms with van der Waals surface area (Å²) in [5.74, 6) is 0.572. The van der Waals surface area contributed by atoms with Gasteiger partial charge in [0, 0.05) is 36.6 Å². The van der Waals surface area contributed by atoms with E-state index in [0.29, 0.717) is 10.7 Å². The molecule has 1 unspecified atom stereocenters. The summed E-state index contributed by atoms with van der Waals surface area (Å²) in [5.41, 5.74) is 2.64. The van der Waals surface area contributed by atoms with Gasteiger partial charge in [0.25, 0.3) is 0 Å². The summed E-state index contributed by atoms with van der Waals surface area (Å²) in [5, 5.41) is 6.31. The van der Waals surface area contributed by atoms with Crippen LogP contribution in [0.15, 0.2) is 60.9 Å². The summed E-state index contributed by atoms with van der Waals surface area (Å²) in [7, 11) is 0. The average molecular weight is 411 g/mol. The normalized spacial score (nSPS) is 11.7. The zero-order valence-electron chi connectivity index (χ0n) is 16.4. The number of nitrogens with one attached hydrogen (secondary N) is 2. The van der Waals surface area contributed by atoms with E-state index in [2.05, 4.69) is 20.2 Å². The number of hydrogen-bond donors (Lipinski definition) is 2. The number of hydrogen-bond acceptors (Lipinski definition) is 3. The van der Waals surface area contributed by atoms with E-state index in [0.717, 1.165) is 23.5 Å². The van der Waals surface area contributed by atoms with Gasteiger partial charge in [0.2, 0.25) is 11.8 Å². The first-order chi connectivity index (χ1) is 13.9. The lowest BCUT2D eigenvalue weighted by atomic mass is 10.0. The molecule has 2 amide bonds. The molecule has 3 aromatic rings. The Kier molecular flexibility index (Phi) is 6.67. The minimum absolute atomic E-state index is 0.122. The Morgan fingerprint density at radius 2 is 1.79 bits per heavy atom. The maximum absolute atomic E-state index is 12.5. The van der Waals surface area contributed by atoms with Gasteiger partial charge in [-0.25, -0.2) is 4.98 Å². The van der Waals surface area contributed by atoms with Crippen LogP contribution >= 0.6 is 11.6 Å². The van der Waals surface area contributed by atoms with Crippen molar-refractivity contribution < 1.29 is 9.59 Å². The van der Waals surface area contributed by atoms with Crippen molar-refractivity contribution >= 4 is 29.1 Å². The zero-order chi connectivity index (χ0) is 20.8. The number of halogens is 1. The SMILES string of the molecule is CC(=O)NC(CC(=O)Nc1ccc(Cn2ccnc2C)cc1)c1ccc(Cl)cc1. The summed E-state index contributed by atoms with van der Waals surface area (Å²) in [6, 6.07) is 14.4. The van der Waals surface area contributed by atoms with Gasteiger partial charge in [0.05, 0.1) is 12.5 Å². The van der Waals surface area contributed by atoms with E-state index in [-0.39, 0.29) is 18.2 Å². The number of anilines is 1. The molecule has 0 radical (unpaired) electrons. The first-order valence-electron chi connectivity index (χ1n) is 9.30. The summed E-state index contributed by atoms with van der Waals surface area (Å²) in [6.07, 6.45) is 3.83. The molecule has 6 nitrogen and oxygen atoms in total. The molecule has 0 aliphatic carbocycles. The van der Waals surface area contributed by atoms with Crippen LogP contribution < -0.4 is 10.6 Å². The fourth-order valence-corrected chi connectivity index (χ4v) is 3.18. The van der Waals surface area contributed by atoms with Crippen molar-refractivity contribution in [3.63, 3.8) is 0 Å². The topological polar surface area (TPSA) is 76.0 Å². The summed E-state index contributed by atoms with van der Waals surface area (Å²) < 4.78 is 2.05. The first-order valence-corrected chi connectivity index (χ1v) is 9.67. The number of rotatable bonds is 7. The van der Waals surface area contributed by atoms with Gasteiger partial charge in [0.1, 0.15) is 5.82 Å². The Balaban J connectivity index is 1.62. The molecular weight excluding hydrogens is 388 g/mol. The molecule has 0 aliphatic rings. The second-order valence-corrected chi connectivity index (χ2v) is 7.29. The molecule has 150 valence electrons. The Labute approximate surface area is 174 Å². The highest BCUT2D eigenvalue weighted by Crippen LogP contribution is 2.21. The largest absolute Gasteiger partial charge is 0.349 e. The van der Waals surface area contributed by atoms with E-state index < -0.39 is 6.04 Å². The Morgan fingerprint density at radius 1 is 1.10 bits per heavy atom. The van der Waals surface area contributed by atoms with Crippen LogP contribution in [0.5, 0.6) is 0 Å². The molecule has 2 aromatic carbocycles. The number of nitrogens with zero attached hydrogens (tertiary/aromatic N) is 2. The summed E-state index contributed by atoms with van der Waals surface area (Å²) in [6.45, 7) is 4.11. The minimum atomic E-state index is -0.423. The van der Waals surface area contributed by atoms with Gasteiger partial charge in [-0.2, -0.15) is 0 Å². The van der Waals surface area contributed by atoms with Gasteiger partial charge in [-0.3, -0.25) is 9.59 Å². The third kappa shape index (κ3) is 5.93. The number of carbonyl (C=O) groups excluding carboxylic acids is 2.